The molecule has 0 atom stereocenters. The molecule has 0 bridgehead atoms. The molecule has 0 aliphatic rings. The summed E-state index contributed by atoms with van der Waals surface area (Å²) in [6.45, 7) is 4.13. The van der Waals surface area contributed by atoms with Crippen LogP contribution in [0.15, 0.2) is 54.9 Å². The zero-order chi connectivity index (χ0) is 14.1. The lowest BCUT2D eigenvalue weighted by atomic mass is 9.97. The molecule has 0 amide bonds. The minimum absolute atomic E-state index is 0.167. The highest BCUT2D eigenvalue weighted by Crippen LogP contribution is 2.28. The molecule has 3 rings (SSSR count). The van der Waals surface area contributed by atoms with Gasteiger partial charge in [0.1, 0.15) is 5.82 Å². The molecule has 0 fully saturated rings. The van der Waals surface area contributed by atoms with Crippen LogP contribution in [0.25, 0.3) is 21.9 Å². The molecule has 2 aromatic carbocycles. The van der Waals surface area contributed by atoms with Crippen molar-refractivity contribution in [2.45, 2.75) is 19.8 Å². The summed E-state index contributed by atoms with van der Waals surface area (Å²) in [7, 11) is 0. The molecule has 0 radical (unpaired) electrons. The average molecular weight is 265 g/mol. The number of aromatic nitrogens is 1. The Morgan fingerprint density at radius 2 is 1.80 bits per heavy atom. The van der Waals surface area contributed by atoms with E-state index in [1.807, 2.05) is 36.4 Å². The number of pyridine rings is 1. The van der Waals surface area contributed by atoms with Crippen molar-refractivity contribution in [2.24, 2.45) is 0 Å². The van der Waals surface area contributed by atoms with Gasteiger partial charge in [-0.3, -0.25) is 4.98 Å². The van der Waals surface area contributed by atoms with Gasteiger partial charge >= 0.3 is 0 Å². The van der Waals surface area contributed by atoms with Crippen molar-refractivity contribution in [3.05, 3.63) is 66.2 Å². The molecule has 100 valence electrons. The first-order valence-corrected chi connectivity index (χ1v) is 6.79. The number of fused-ring (bicyclic) bond motifs is 1. The van der Waals surface area contributed by atoms with Crippen LogP contribution >= 0.6 is 0 Å². The normalized spacial score (nSPS) is 11.2. The summed E-state index contributed by atoms with van der Waals surface area (Å²) in [4.78, 5) is 4.11. The zero-order valence-electron chi connectivity index (χ0n) is 11.6. The first-order chi connectivity index (χ1) is 9.65. The van der Waals surface area contributed by atoms with E-state index in [0.717, 1.165) is 21.9 Å². The van der Waals surface area contributed by atoms with E-state index in [2.05, 4.69) is 18.8 Å². The Labute approximate surface area is 118 Å². The third-order valence-corrected chi connectivity index (χ3v) is 3.61. The highest BCUT2D eigenvalue weighted by molar-refractivity contribution is 5.86. The van der Waals surface area contributed by atoms with Gasteiger partial charge in [0, 0.05) is 23.3 Å². The highest BCUT2D eigenvalue weighted by atomic mass is 19.1. The summed E-state index contributed by atoms with van der Waals surface area (Å²) in [6.07, 6.45) is 3.57. The van der Waals surface area contributed by atoms with Crippen molar-refractivity contribution in [1.82, 2.24) is 4.98 Å². The molecule has 0 N–H and O–H groups in total. The summed E-state index contributed by atoms with van der Waals surface area (Å²) < 4.78 is 14.3. The maximum Gasteiger partial charge on any atom is 0.131 e. The monoisotopic (exact) mass is 265 g/mol. The van der Waals surface area contributed by atoms with Crippen LogP contribution in [0.2, 0.25) is 0 Å². The number of hydrogen-bond donors (Lipinski definition) is 0. The van der Waals surface area contributed by atoms with Gasteiger partial charge in [-0.1, -0.05) is 38.1 Å². The summed E-state index contributed by atoms with van der Waals surface area (Å²) in [5.41, 5.74) is 2.55. The lowest BCUT2D eigenvalue weighted by molar-refractivity contribution is 0.627. The van der Waals surface area contributed by atoms with Gasteiger partial charge in [0.05, 0.1) is 0 Å². The Morgan fingerprint density at radius 1 is 0.950 bits per heavy atom. The van der Waals surface area contributed by atoms with E-state index in [1.165, 1.54) is 0 Å². The van der Waals surface area contributed by atoms with E-state index >= 15 is 0 Å². The van der Waals surface area contributed by atoms with Crippen molar-refractivity contribution in [1.29, 1.82) is 0 Å². The average Bonchev–Trinajstić information content (AvgIpc) is 2.46. The molecule has 0 saturated heterocycles. The number of halogens is 1. The van der Waals surface area contributed by atoms with E-state index in [0.29, 0.717) is 11.5 Å². The van der Waals surface area contributed by atoms with E-state index < -0.39 is 0 Å². The molecular weight excluding hydrogens is 249 g/mol. The van der Waals surface area contributed by atoms with Gasteiger partial charge in [0.25, 0.3) is 0 Å². The van der Waals surface area contributed by atoms with E-state index in [-0.39, 0.29) is 5.82 Å². The quantitative estimate of drug-likeness (QED) is 0.623. The molecule has 0 unspecified atom stereocenters. The van der Waals surface area contributed by atoms with Gasteiger partial charge in [-0.05, 0) is 40.6 Å². The molecule has 20 heavy (non-hydrogen) atoms. The van der Waals surface area contributed by atoms with Gasteiger partial charge in [-0.15, -0.1) is 0 Å². The summed E-state index contributed by atoms with van der Waals surface area (Å²) >= 11 is 0. The lowest BCUT2D eigenvalue weighted by Gasteiger charge is -2.09. The van der Waals surface area contributed by atoms with Crippen LogP contribution in [0.5, 0.6) is 0 Å². The fourth-order valence-electron chi connectivity index (χ4n) is 2.38. The Balaban J connectivity index is 2.10. The maximum absolute atomic E-state index is 14.3. The summed E-state index contributed by atoms with van der Waals surface area (Å²) in [6, 6.07) is 13.4. The molecule has 0 aliphatic heterocycles. The molecule has 0 spiro atoms. The smallest absolute Gasteiger partial charge is 0.131 e. The Hall–Kier alpha value is -2.22. The van der Waals surface area contributed by atoms with Gasteiger partial charge in [-0.2, -0.15) is 0 Å². The van der Waals surface area contributed by atoms with Crippen molar-refractivity contribution in [3.8, 4) is 11.1 Å². The fourth-order valence-corrected chi connectivity index (χ4v) is 2.38. The van der Waals surface area contributed by atoms with Crippen LogP contribution in [-0.2, 0) is 0 Å². The highest BCUT2D eigenvalue weighted by Gasteiger charge is 2.08. The standard InChI is InChI=1S/C18H16FN/c1-12(2)14-5-6-17(18(19)10-14)15-4-3-13-7-8-20-11-16(13)9-15/h3-12H,1-2H3. The maximum atomic E-state index is 14.3. The summed E-state index contributed by atoms with van der Waals surface area (Å²) in [5.74, 6) is 0.166. The van der Waals surface area contributed by atoms with E-state index in [1.54, 1.807) is 18.5 Å². The van der Waals surface area contributed by atoms with Crippen molar-refractivity contribution in [3.63, 3.8) is 0 Å². The first-order valence-electron chi connectivity index (χ1n) is 6.79. The molecule has 0 aliphatic carbocycles. The van der Waals surface area contributed by atoms with Gasteiger partial charge in [0.2, 0.25) is 0 Å². The lowest BCUT2D eigenvalue weighted by Crippen LogP contribution is -1.91. The number of nitrogens with zero attached hydrogens (tertiary/aromatic N) is 1. The molecule has 1 nitrogen and oxygen atoms in total. The predicted molar refractivity (Wildman–Crippen MR) is 81.2 cm³/mol. The van der Waals surface area contributed by atoms with Crippen LogP contribution < -0.4 is 0 Å². The Morgan fingerprint density at radius 3 is 2.55 bits per heavy atom. The van der Waals surface area contributed by atoms with Gasteiger partial charge in [-0.25, -0.2) is 4.39 Å². The van der Waals surface area contributed by atoms with E-state index in [4.69, 9.17) is 0 Å². The second kappa shape index (κ2) is 5.04. The second-order valence-electron chi connectivity index (χ2n) is 5.33. The van der Waals surface area contributed by atoms with Crippen LogP contribution in [0.3, 0.4) is 0 Å². The molecule has 3 aromatic rings. The van der Waals surface area contributed by atoms with Crippen molar-refractivity contribution < 1.29 is 4.39 Å². The van der Waals surface area contributed by atoms with Crippen LogP contribution in [0, 0.1) is 5.82 Å². The number of benzene rings is 2. The third-order valence-electron chi connectivity index (χ3n) is 3.61. The Bertz CT molecular complexity index is 762. The molecule has 2 heteroatoms. The molecule has 1 aromatic heterocycles. The molecule has 0 saturated carbocycles. The summed E-state index contributed by atoms with van der Waals surface area (Å²) in [5, 5.41) is 2.14. The number of rotatable bonds is 2. The third kappa shape index (κ3) is 2.29. The largest absolute Gasteiger partial charge is 0.264 e. The first kappa shape index (κ1) is 12.8. The minimum Gasteiger partial charge on any atom is -0.264 e. The van der Waals surface area contributed by atoms with Crippen LogP contribution in [0.1, 0.15) is 25.3 Å². The molecular formula is C18H16FN. The zero-order valence-corrected chi connectivity index (χ0v) is 11.6. The number of hydrogen-bond acceptors (Lipinski definition) is 1. The van der Waals surface area contributed by atoms with Crippen LogP contribution in [0.4, 0.5) is 4.39 Å². The fraction of sp³-hybridized carbons (Fsp3) is 0.167. The van der Waals surface area contributed by atoms with Gasteiger partial charge < -0.3 is 0 Å². The van der Waals surface area contributed by atoms with Gasteiger partial charge in [0.15, 0.2) is 0 Å². The van der Waals surface area contributed by atoms with Crippen LogP contribution in [-0.4, -0.2) is 4.98 Å². The second-order valence-corrected chi connectivity index (χ2v) is 5.33. The minimum atomic E-state index is -0.167. The SMILES string of the molecule is CC(C)c1ccc(-c2ccc3ccncc3c2)c(F)c1. The van der Waals surface area contributed by atoms with Crippen molar-refractivity contribution in [2.75, 3.05) is 0 Å². The van der Waals surface area contributed by atoms with Crippen molar-refractivity contribution >= 4 is 10.8 Å². The predicted octanol–water partition coefficient (Wildman–Crippen LogP) is 5.16. The van der Waals surface area contributed by atoms with E-state index in [9.17, 15) is 4.39 Å². The molecule has 1 heterocycles. The topological polar surface area (TPSA) is 12.9 Å². The Kier molecular flexibility index (Phi) is 3.23.